The normalized spacial score (nSPS) is 11.4. The zero-order valence-electron chi connectivity index (χ0n) is 10.4. The highest BCUT2D eigenvalue weighted by Gasteiger charge is 2.19. The third-order valence-electron chi connectivity index (χ3n) is 2.69. The molecule has 0 saturated carbocycles. The summed E-state index contributed by atoms with van der Waals surface area (Å²) < 4.78 is 0.719. The number of amides is 1. The molecule has 1 rings (SSSR count). The van der Waals surface area contributed by atoms with Gasteiger partial charge in [0.1, 0.15) is 0 Å². The van der Waals surface area contributed by atoms with Crippen LogP contribution in [0.25, 0.3) is 0 Å². The highest BCUT2D eigenvalue weighted by Crippen LogP contribution is 2.26. The van der Waals surface area contributed by atoms with Crippen molar-refractivity contribution in [3.05, 3.63) is 33.3 Å². The van der Waals surface area contributed by atoms with Gasteiger partial charge in [-0.1, -0.05) is 31.5 Å². The van der Waals surface area contributed by atoms with Crippen LogP contribution in [-0.2, 0) is 0 Å². The Morgan fingerprint density at radius 3 is 2.72 bits per heavy atom. The third kappa shape index (κ3) is 4.45. The van der Waals surface area contributed by atoms with Crippen molar-refractivity contribution in [2.75, 3.05) is 12.4 Å². The van der Waals surface area contributed by atoms with Gasteiger partial charge in [-0.2, -0.15) is 0 Å². The Hall–Kier alpha value is -0.250. The Kier molecular flexibility index (Phi) is 5.96. The number of hydrogen-bond acceptors (Lipinski definition) is 1. The van der Waals surface area contributed by atoms with Crippen LogP contribution in [0.2, 0.25) is 5.02 Å². The van der Waals surface area contributed by atoms with Gasteiger partial charge >= 0.3 is 0 Å². The standard InChI is InChI=1S/C13H16BrCl2NO/c1-13(2,6-7-15)8-17-12(18)9-4-3-5-10(14)11(9)16/h3-5H,6-8H2,1-2H3,(H,17,18). The fourth-order valence-corrected chi connectivity index (χ4v) is 2.53. The second-order valence-electron chi connectivity index (χ2n) is 4.89. The van der Waals surface area contributed by atoms with Gasteiger partial charge in [0.2, 0.25) is 0 Å². The van der Waals surface area contributed by atoms with Gasteiger partial charge in [-0.25, -0.2) is 0 Å². The van der Waals surface area contributed by atoms with E-state index >= 15 is 0 Å². The zero-order valence-corrected chi connectivity index (χ0v) is 13.5. The van der Waals surface area contributed by atoms with E-state index in [4.69, 9.17) is 23.2 Å². The molecule has 18 heavy (non-hydrogen) atoms. The maximum Gasteiger partial charge on any atom is 0.252 e. The maximum absolute atomic E-state index is 12.0. The summed E-state index contributed by atoms with van der Waals surface area (Å²) in [6.45, 7) is 4.71. The summed E-state index contributed by atoms with van der Waals surface area (Å²) in [7, 11) is 0. The second kappa shape index (κ2) is 6.78. The minimum absolute atomic E-state index is 0.0180. The summed E-state index contributed by atoms with van der Waals surface area (Å²) in [4.78, 5) is 12.0. The number of halogens is 3. The minimum atomic E-state index is -0.163. The molecule has 0 atom stereocenters. The molecule has 1 amide bonds. The van der Waals surface area contributed by atoms with E-state index in [0.29, 0.717) is 23.0 Å². The van der Waals surface area contributed by atoms with E-state index in [1.807, 2.05) is 0 Å². The van der Waals surface area contributed by atoms with Gasteiger partial charge in [0.15, 0.2) is 0 Å². The van der Waals surface area contributed by atoms with Crippen LogP contribution in [0.5, 0.6) is 0 Å². The Balaban J connectivity index is 2.69. The summed E-state index contributed by atoms with van der Waals surface area (Å²) in [5, 5.41) is 3.32. The minimum Gasteiger partial charge on any atom is -0.351 e. The summed E-state index contributed by atoms with van der Waals surface area (Å²) in [6, 6.07) is 5.29. The fourth-order valence-electron chi connectivity index (χ4n) is 1.44. The predicted octanol–water partition coefficient (Wildman–Crippen LogP) is 4.49. The lowest BCUT2D eigenvalue weighted by atomic mass is 9.90. The molecule has 0 saturated heterocycles. The molecular weight excluding hydrogens is 337 g/mol. The monoisotopic (exact) mass is 351 g/mol. The average molecular weight is 353 g/mol. The molecule has 1 N–H and O–H groups in total. The van der Waals surface area contributed by atoms with Crippen molar-refractivity contribution >= 4 is 45.0 Å². The Labute approximate surface area is 126 Å². The number of hydrogen-bond donors (Lipinski definition) is 1. The van der Waals surface area contributed by atoms with Crippen LogP contribution in [0.4, 0.5) is 0 Å². The summed E-state index contributed by atoms with van der Waals surface area (Å²) in [5.74, 6) is 0.421. The molecule has 100 valence electrons. The SMILES string of the molecule is CC(C)(CCCl)CNC(=O)c1cccc(Br)c1Cl. The summed E-state index contributed by atoms with van der Waals surface area (Å²) in [5.41, 5.74) is 0.461. The van der Waals surface area contributed by atoms with Crippen molar-refractivity contribution in [3.8, 4) is 0 Å². The van der Waals surface area contributed by atoms with E-state index in [9.17, 15) is 4.79 Å². The van der Waals surface area contributed by atoms with Gasteiger partial charge in [0, 0.05) is 16.9 Å². The highest BCUT2D eigenvalue weighted by atomic mass is 79.9. The van der Waals surface area contributed by atoms with Gasteiger partial charge in [0.05, 0.1) is 10.6 Å². The Morgan fingerprint density at radius 2 is 2.11 bits per heavy atom. The first-order valence-electron chi connectivity index (χ1n) is 5.65. The van der Waals surface area contributed by atoms with Gasteiger partial charge < -0.3 is 5.32 Å². The molecule has 0 aliphatic heterocycles. The summed E-state index contributed by atoms with van der Waals surface area (Å²) >= 11 is 15.1. The zero-order chi connectivity index (χ0) is 13.8. The number of carbonyl (C=O) groups is 1. The molecule has 0 aliphatic rings. The average Bonchev–Trinajstić information content (AvgIpc) is 2.30. The van der Waals surface area contributed by atoms with Gasteiger partial charge in [-0.05, 0) is 39.9 Å². The van der Waals surface area contributed by atoms with Crippen molar-refractivity contribution < 1.29 is 4.79 Å². The van der Waals surface area contributed by atoms with Gasteiger partial charge in [-0.15, -0.1) is 11.6 Å². The molecule has 0 aromatic heterocycles. The fraction of sp³-hybridized carbons (Fsp3) is 0.462. The van der Waals surface area contributed by atoms with Gasteiger partial charge in [0.25, 0.3) is 5.91 Å². The van der Waals surface area contributed by atoms with Crippen LogP contribution in [0.3, 0.4) is 0 Å². The molecule has 0 heterocycles. The maximum atomic E-state index is 12.0. The summed E-state index contributed by atoms with van der Waals surface area (Å²) in [6.07, 6.45) is 0.848. The number of nitrogens with one attached hydrogen (secondary N) is 1. The Bertz CT molecular complexity index is 435. The smallest absolute Gasteiger partial charge is 0.252 e. The van der Waals surface area contributed by atoms with Crippen molar-refractivity contribution in [1.29, 1.82) is 0 Å². The number of alkyl halides is 1. The first kappa shape index (κ1) is 15.8. The highest BCUT2D eigenvalue weighted by molar-refractivity contribution is 9.10. The van der Waals surface area contributed by atoms with E-state index in [-0.39, 0.29) is 11.3 Å². The molecule has 0 aliphatic carbocycles. The third-order valence-corrected chi connectivity index (χ3v) is 4.18. The Morgan fingerprint density at radius 1 is 1.44 bits per heavy atom. The molecule has 5 heteroatoms. The van der Waals surface area contributed by atoms with Crippen LogP contribution in [-0.4, -0.2) is 18.3 Å². The van der Waals surface area contributed by atoms with Crippen molar-refractivity contribution in [3.63, 3.8) is 0 Å². The van der Waals surface area contributed by atoms with E-state index < -0.39 is 0 Å². The first-order valence-corrected chi connectivity index (χ1v) is 7.36. The molecule has 2 nitrogen and oxygen atoms in total. The van der Waals surface area contributed by atoms with Crippen LogP contribution in [0, 0.1) is 5.41 Å². The molecule has 0 bridgehead atoms. The second-order valence-corrected chi connectivity index (χ2v) is 6.50. The van der Waals surface area contributed by atoms with E-state index in [1.54, 1.807) is 18.2 Å². The largest absolute Gasteiger partial charge is 0.351 e. The molecule has 0 fully saturated rings. The van der Waals surface area contributed by atoms with Crippen LogP contribution < -0.4 is 5.32 Å². The van der Waals surface area contributed by atoms with Crippen molar-refractivity contribution in [1.82, 2.24) is 5.32 Å². The van der Waals surface area contributed by atoms with Crippen molar-refractivity contribution in [2.45, 2.75) is 20.3 Å². The molecule has 0 spiro atoms. The predicted molar refractivity (Wildman–Crippen MR) is 80.6 cm³/mol. The van der Waals surface area contributed by atoms with Crippen LogP contribution in [0.1, 0.15) is 30.6 Å². The molecular formula is C13H16BrCl2NO. The van der Waals surface area contributed by atoms with Crippen LogP contribution in [0.15, 0.2) is 22.7 Å². The lowest BCUT2D eigenvalue weighted by molar-refractivity contribution is 0.0936. The van der Waals surface area contributed by atoms with E-state index in [2.05, 4.69) is 35.1 Å². The van der Waals surface area contributed by atoms with Gasteiger partial charge in [-0.3, -0.25) is 4.79 Å². The van der Waals surface area contributed by atoms with E-state index in [1.165, 1.54) is 0 Å². The van der Waals surface area contributed by atoms with Crippen LogP contribution >= 0.6 is 39.1 Å². The quantitative estimate of drug-likeness (QED) is 0.777. The topological polar surface area (TPSA) is 29.1 Å². The molecule has 0 radical (unpaired) electrons. The molecule has 1 aromatic rings. The number of benzene rings is 1. The lowest BCUT2D eigenvalue weighted by Crippen LogP contribution is -2.34. The molecule has 1 aromatic carbocycles. The number of rotatable bonds is 5. The first-order chi connectivity index (χ1) is 8.37. The number of carbonyl (C=O) groups excluding carboxylic acids is 1. The van der Waals surface area contributed by atoms with E-state index in [0.717, 1.165) is 10.9 Å². The van der Waals surface area contributed by atoms with Crippen molar-refractivity contribution in [2.24, 2.45) is 5.41 Å². The molecule has 0 unspecified atom stereocenters. The lowest BCUT2D eigenvalue weighted by Gasteiger charge is -2.23.